The zero-order valence-corrected chi connectivity index (χ0v) is 19.7. The van der Waals surface area contributed by atoms with E-state index < -0.39 is 12.1 Å². The molecular weight excluding hydrogens is 462 g/mol. The van der Waals surface area contributed by atoms with Crippen LogP contribution in [0.3, 0.4) is 0 Å². The largest absolute Gasteiger partial charge is 0.445 e. The van der Waals surface area contributed by atoms with E-state index in [1.807, 2.05) is 19.1 Å². The molecule has 1 N–H and O–H groups in total. The molecule has 4 rings (SSSR count). The highest BCUT2D eigenvalue weighted by Gasteiger charge is 2.27. The summed E-state index contributed by atoms with van der Waals surface area (Å²) >= 11 is 5.99. The maximum absolute atomic E-state index is 13.2. The van der Waals surface area contributed by atoms with Gasteiger partial charge in [0.1, 0.15) is 0 Å². The van der Waals surface area contributed by atoms with Crippen molar-refractivity contribution < 1.29 is 19.1 Å². The molecule has 0 aromatic heterocycles. The normalized spacial score (nSPS) is 11.4. The first-order chi connectivity index (χ1) is 16.9. The summed E-state index contributed by atoms with van der Waals surface area (Å²) < 4.78 is 5.66. The van der Waals surface area contributed by atoms with Crippen LogP contribution in [0.4, 0.5) is 5.69 Å². The Bertz CT molecular complexity index is 1330. The highest BCUT2D eigenvalue weighted by atomic mass is 35.5. The molecule has 4 aromatic carbocycles. The van der Waals surface area contributed by atoms with Crippen molar-refractivity contribution in [1.82, 2.24) is 0 Å². The van der Waals surface area contributed by atoms with Crippen molar-refractivity contribution in [2.45, 2.75) is 13.0 Å². The average Bonchev–Trinajstić information content (AvgIpc) is 2.88. The Balaban J connectivity index is 1.50. The van der Waals surface area contributed by atoms with Gasteiger partial charge in [-0.2, -0.15) is 0 Å². The van der Waals surface area contributed by atoms with Crippen LogP contribution in [0.2, 0.25) is 5.02 Å². The van der Waals surface area contributed by atoms with Crippen LogP contribution >= 0.6 is 11.6 Å². The van der Waals surface area contributed by atoms with Crippen LogP contribution < -0.4 is 5.32 Å². The number of aryl methyl sites for hydroxylation is 1. The van der Waals surface area contributed by atoms with Gasteiger partial charge in [-0.25, -0.2) is 4.79 Å². The first-order valence-corrected chi connectivity index (χ1v) is 11.3. The third-order valence-electron chi connectivity index (χ3n) is 5.39. The van der Waals surface area contributed by atoms with Crippen molar-refractivity contribution in [3.05, 3.63) is 136 Å². The molecule has 35 heavy (non-hydrogen) atoms. The van der Waals surface area contributed by atoms with Gasteiger partial charge in [0.2, 0.25) is 5.78 Å². The smallest absolute Gasteiger partial charge is 0.339 e. The van der Waals surface area contributed by atoms with Gasteiger partial charge < -0.3 is 10.1 Å². The lowest BCUT2D eigenvalue weighted by molar-refractivity contribution is 0.0280. The molecule has 0 spiro atoms. The van der Waals surface area contributed by atoms with E-state index >= 15 is 0 Å². The van der Waals surface area contributed by atoms with Crippen LogP contribution in [-0.4, -0.2) is 17.7 Å². The van der Waals surface area contributed by atoms with Crippen LogP contribution in [0.5, 0.6) is 0 Å². The van der Waals surface area contributed by atoms with Crippen molar-refractivity contribution in [2.24, 2.45) is 0 Å². The molecular formula is C29H22ClNO4. The minimum Gasteiger partial charge on any atom is -0.445 e. The van der Waals surface area contributed by atoms with Gasteiger partial charge >= 0.3 is 5.97 Å². The van der Waals surface area contributed by atoms with E-state index in [1.54, 1.807) is 91.0 Å². The van der Waals surface area contributed by atoms with Gasteiger partial charge in [-0.3, -0.25) is 9.59 Å². The number of amides is 1. The summed E-state index contributed by atoms with van der Waals surface area (Å²) in [6, 6.07) is 28.8. The second-order valence-electron chi connectivity index (χ2n) is 7.96. The van der Waals surface area contributed by atoms with E-state index in [-0.39, 0.29) is 17.3 Å². The summed E-state index contributed by atoms with van der Waals surface area (Å²) in [6.45, 7) is 1.95. The number of ether oxygens (including phenoxy) is 1. The number of esters is 1. The number of ketones is 1. The topological polar surface area (TPSA) is 72.5 Å². The van der Waals surface area contributed by atoms with Gasteiger partial charge in [0.15, 0.2) is 6.10 Å². The molecule has 174 valence electrons. The number of hydrogen-bond acceptors (Lipinski definition) is 4. The van der Waals surface area contributed by atoms with E-state index in [1.165, 1.54) is 0 Å². The number of benzene rings is 4. The van der Waals surface area contributed by atoms with Gasteiger partial charge in [-0.15, -0.1) is 0 Å². The molecule has 6 heteroatoms. The molecule has 0 aliphatic rings. The summed E-state index contributed by atoms with van der Waals surface area (Å²) in [5, 5.41) is 3.31. The maximum atomic E-state index is 13.2. The zero-order valence-electron chi connectivity index (χ0n) is 18.9. The van der Waals surface area contributed by atoms with Crippen LogP contribution in [0, 0.1) is 6.92 Å². The summed E-state index contributed by atoms with van der Waals surface area (Å²) in [6.07, 6.45) is -1.14. The van der Waals surface area contributed by atoms with Crippen LogP contribution in [-0.2, 0) is 4.74 Å². The Hall–Kier alpha value is -4.22. The average molecular weight is 484 g/mol. The zero-order chi connectivity index (χ0) is 24.8. The number of hydrogen-bond donors (Lipinski definition) is 1. The molecule has 1 amide bonds. The van der Waals surface area contributed by atoms with Crippen molar-refractivity contribution in [3.63, 3.8) is 0 Å². The fraction of sp³-hybridized carbons (Fsp3) is 0.0690. The molecule has 0 aliphatic carbocycles. The molecule has 0 unspecified atom stereocenters. The first kappa shape index (κ1) is 23.9. The van der Waals surface area contributed by atoms with Crippen molar-refractivity contribution >= 4 is 34.9 Å². The van der Waals surface area contributed by atoms with Gasteiger partial charge in [0.05, 0.1) is 5.56 Å². The maximum Gasteiger partial charge on any atom is 0.339 e. The molecule has 0 fully saturated rings. The summed E-state index contributed by atoms with van der Waals surface area (Å²) in [4.78, 5) is 38.5. The van der Waals surface area contributed by atoms with E-state index in [0.717, 1.165) is 5.56 Å². The van der Waals surface area contributed by atoms with Gasteiger partial charge in [-0.05, 0) is 55.5 Å². The van der Waals surface area contributed by atoms with Crippen LogP contribution in [0.1, 0.15) is 48.3 Å². The van der Waals surface area contributed by atoms with Crippen LogP contribution in [0.15, 0.2) is 103 Å². The third-order valence-corrected chi connectivity index (χ3v) is 5.64. The molecule has 0 aliphatic heterocycles. The van der Waals surface area contributed by atoms with Crippen molar-refractivity contribution in [2.75, 3.05) is 5.32 Å². The van der Waals surface area contributed by atoms with Gasteiger partial charge in [0.25, 0.3) is 5.91 Å². The number of carbonyl (C=O) groups excluding carboxylic acids is 3. The van der Waals surface area contributed by atoms with Crippen LogP contribution in [0.25, 0.3) is 0 Å². The van der Waals surface area contributed by atoms with Gasteiger partial charge in [-0.1, -0.05) is 71.8 Å². The summed E-state index contributed by atoms with van der Waals surface area (Å²) in [5.41, 5.74) is 3.31. The third kappa shape index (κ3) is 6.02. The second kappa shape index (κ2) is 10.8. The van der Waals surface area contributed by atoms with E-state index in [0.29, 0.717) is 27.4 Å². The molecule has 1 atom stereocenters. The highest BCUT2D eigenvalue weighted by molar-refractivity contribution is 6.30. The predicted octanol–water partition coefficient (Wildman–Crippen LogP) is 6.68. The Kier molecular flexibility index (Phi) is 7.38. The second-order valence-corrected chi connectivity index (χ2v) is 8.40. The monoisotopic (exact) mass is 483 g/mol. The Labute approximate surface area is 208 Å². The SMILES string of the molecule is Cc1ccc(C(=O)Nc2ccc(C(=O)O[C@@H](C(=O)c3ccccc3)c3ccc(Cl)cc3)cc2)cc1. The Morgan fingerprint density at radius 3 is 1.94 bits per heavy atom. The number of anilines is 1. The quantitative estimate of drug-likeness (QED) is 0.235. The van der Waals surface area contributed by atoms with Crippen molar-refractivity contribution in [1.29, 1.82) is 0 Å². The Morgan fingerprint density at radius 1 is 0.714 bits per heavy atom. The number of halogens is 1. The van der Waals surface area contributed by atoms with E-state index in [4.69, 9.17) is 16.3 Å². The molecule has 5 nitrogen and oxygen atoms in total. The number of carbonyl (C=O) groups is 3. The van der Waals surface area contributed by atoms with Crippen molar-refractivity contribution in [3.8, 4) is 0 Å². The fourth-order valence-electron chi connectivity index (χ4n) is 3.44. The lowest BCUT2D eigenvalue weighted by atomic mass is 9.99. The van der Waals surface area contributed by atoms with Gasteiger partial charge in [0, 0.05) is 27.4 Å². The Morgan fingerprint density at radius 2 is 1.31 bits per heavy atom. The predicted molar refractivity (Wildman–Crippen MR) is 136 cm³/mol. The number of nitrogens with one attached hydrogen (secondary N) is 1. The number of rotatable bonds is 7. The lowest BCUT2D eigenvalue weighted by Crippen LogP contribution is -2.20. The lowest BCUT2D eigenvalue weighted by Gasteiger charge is -2.18. The van der Waals surface area contributed by atoms with E-state index in [2.05, 4.69) is 5.32 Å². The van der Waals surface area contributed by atoms with E-state index in [9.17, 15) is 14.4 Å². The summed E-state index contributed by atoms with van der Waals surface area (Å²) in [5.74, 6) is -1.26. The molecule has 0 radical (unpaired) electrons. The molecule has 0 bridgehead atoms. The summed E-state index contributed by atoms with van der Waals surface area (Å²) in [7, 11) is 0. The highest BCUT2D eigenvalue weighted by Crippen LogP contribution is 2.26. The molecule has 0 saturated heterocycles. The number of Topliss-reactive ketones (excluding diaryl/α,β-unsaturated/α-hetero) is 1. The first-order valence-electron chi connectivity index (χ1n) is 10.9. The minimum absolute atomic E-state index is 0.248. The standard InChI is InChI=1S/C29H22ClNO4/c1-19-7-9-22(10-8-19)28(33)31-25-17-13-23(14-18-25)29(34)35-27(21-11-15-24(30)16-12-21)26(32)20-5-3-2-4-6-20/h2-18,27H,1H3,(H,31,33)/t27-/m1/s1. The molecule has 4 aromatic rings. The molecule has 0 saturated carbocycles. The molecule has 0 heterocycles. The minimum atomic E-state index is -1.14. The fourth-order valence-corrected chi connectivity index (χ4v) is 3.56.